The molecule has 0 saturated heterocycles. The monoisotopic (exact) mass is 406 g/mol. The summed E-state index contributed by atoms with van der Waals surface area (Å²) < 4.78 is 38.2. The number of benzene rings is 2. The van der Waals surface area contributed by atoms with Crippen molar-refractivity contribution in [2.45, 2.75) is 31.3 Å². The number of carbonyl (C=O) groups is 1. The van der Waals surface area contributed by atoms with Crippen LogP contribution in [0.15, 0.2) is 47.4 Å². The number of hydrogen-bond donors (Lipinski definition) is 1. The second-order valence-electron chi connectivity index (χ2n) is 6.61. The zero-order valence-electron chi connectivity index (χ0n) is 16.7. The first kappa shape index (κ1) is 21.7. The molecule has 0 aliphatic rings. The van der Waals surface area contributed by atoms with Gasteiger partial charge in [-0.2, -0.15) is 0 Å². The van der Waals surface area contributed by atoms with Crippen LogP contribution in [-0.2, 0) is 16.6 Å². The van der Waals surface area contributed by atoms with Gasteiger partial charge in [0.05, 0.1) is 14.2 Å². The van der Waals surface area contributed by atoms with Gasteiger partial charge in [-0.3, -0.25) is 4.79 Å². The molecule has 0 radical (unpaired) electrons. The van der Waals surface area contributed by atoms with Crippen molar-refractivity contribution in [3.05, 3.63) is 53.6 Å². The van der Waals surface area contributed by atoms with Gasteiger partial charge in [-0.1, -0.05) is 18.2 Å². The maximum Gasteiger partial charge on any atom is 0.253 e. The van der Waals surface area contributed by atoms with Gasteiger partial charge in [-0.05, 0) is 38.1 Å². The van der Waals surface area contributed by atoms with Gasteiger partial charge < -0.3 is 14.4 Å². The van der Waals surface area contributed by atoms with Crippen LogP contribution >= 0.6 is 0 Å². The Morgan fingerprint density at radius 2 is 1.71 bits per heavy atom. The van der Waals surface area contributed by atoms with Gasteiger partial charge in [0.25, 0.3) is 5.91 Å². The average molecular weight is 407 g/mol. The summed E-state index contributed by atoms with van der Waals surface area (Å²) in [6, 6.07) is 11.5. The maximum absolute atomic E-state index is 12.9. The Bertz CT molecular complexity index is 941. The second kappa shape index (κ2) is 9.07. The number of rotatable bonds is 8. The van der Waals surface area contributed by atoms with Crippen molar-refractivity contribution in [2.24, 2.45) is 0 Å². The Labute approximate surface area is 166 Å². The van der Waals surface area contributed by atoms with E-state index in [0.717, 1.165) is 5.56 Å². The van der Waals surface area contributed by atoms with E-state index in [1.165, 1.54) is 24.1 Å². The Hall–Kier alpha value is -2.58. The molecule has 0 spiro atoms. The van der Waals surface area contributed by atoms with Crippen molar-refractivity contribution in [3.63, 3.8) is 0 Å². The van der Waals surface area contributed by atoms with Crippen molar-refractivity contribution >= 4 is 15.9 Å². The van der Waals surface area contributed by atoms with E-state index in [0.29, 0.717) is 12.3 Å². The molecule has 2 aromatic rings. The average Bonchev–Trinajstić information content (AvgIpc) is 2.66. The Morgan fingerprint density at radius 3 is 2.32 bits per heavy atom. The zero-order chi connectivity index (χ0) is 20.9. The number of hydrogen-bond acceptors (Lipinski definition) is 5. The van der Waals surface area contributed by atoms with E-state index in [4.69, 9.17) is 9.47 Å². The van der Waals surface area contributed by atoms with Gasteiger partial charge in [0, 0.05) is 30.8 Å². The summed E-state index contributed by atoms with van der Waals surface area (Å²) in [5, 5.41) is 0. The smallest absolute Gasteiger partial charge is 0.253 e. The van der Waals surface area contributed by atoms with E-state index in [-0.39, 0.29) is 28.2 Å². The van der Waals surface area contributed by atoms with E-state index < -0.39 is 10.0 Å². The molecule has 0 bridgehead atoms. The highest BCUT2D eigenvalue weighted by Crippen LogP contribution is 2.26. The Balaban J connectivity index is 2.34. The molecule has 0 saturated carbocycles. The molecule has 1 N–H and O–H groups in total. The van der Waals surface area contributed by atoms with Crippen LogP contribution in [0.1, 0.15) is 29.8 Å². The number of sulfonamides is 1. The molecular formula is C20H26N2O5S. The molecule has 0 aromatic heterocycles. The Kier molecular flexibility index (Phi) is 7.04. The largest absolute Gasteiger partial charge is 0.496 e. The van der Waals surface area contributed by atoms with Crippen molar-refractivity contribution in [1.82, 2.24) is 9.62 Å². The fourth-order valence-electron chi connectivity index (χ4n) is 2.77. The molecule has 0 unspecified atom stereocenters. The van der Waals surface area contributed by atoms with E-state index >= 15 is 0 Å². The number of ether oxygens (including phenoxy) is 2. The van der Waals surface area contributed by atoms with Crippen molar-refractivity contribution < 1.29 is 22.7 Å². The predicted octanol–water partition coefficient (Wildman–Crippen LogP) is 2.66. The van der Waals surface area contributed by atoms with Crippen LogP contribution in [0.4, 0.5) is 0 Å². The normalized spacial score (nSPS) is 11.4. The molecule has 7 nitrogen and oxygen atoms in total. The van der Waals surface area contributed by atoms with Crippen LogP contribution in [0.25, 0.3) is 0 Å². The first-order valence-corrected chi connectivity index (χ1v) is 10.3. The third-order valence-electron chi connectivity index (χ3n) is 4.04. The fraction of sp³-hybridized carbons (Fsp3) is 0.350. The van der Waals surface area contributed by atoms with E-state index in [2.05, 4.69) is 4.72 Å². The number of carbonyl (C=O) groups excluding carboxylic acids is 1. The minimum atomic E-state index is -3.82. The number of amides is 1. The topological polar surface area (TPSA) is 84.9 Å². The van der Waals surface area contributed by atoms with Gasteiger partial charge in [-0.15, -0.1) is 0 Å². The van der Waals surface area contributed by atoms with Gasteiger partial charge in [0.15, 0.2) is 0 Å². The number of nitrogens with zero attached hydrogens (tertiary/aromatic N) is 1. The lowest BCUT2D eigenvalue weighted by Gasteiger charge is -2.20. The van der Waals surface area contributed by atoms with Crippen LogP contribution < -0.4 is 14.2 Å². The summed E-state index contributed by atoms with van der Waals surface area (Å²) in [7, 11) is 0.793. The predicted molar refractivity (Wildman–Crippen MR) is 107 cm³/mol. The molecule has 28 heavy (non-hydrogen) atoms. The summed E-state index contributed by atoms with van der Waals surface area (Å²) in [6.45, 7) is 3.77. The van der Waals surface area contributed by atoms with Crippen molar-refractivity contribution in [1.29, 1.82) is 0 Å². The lowest BCUT2D eigenvalue weighted by Crippen LogP contribution is -2.31. The SMILES string of the molecule is COc1ccccc1CN(C)C(=O)c1ccc(OC)c(S(=O)(=O)NC(C)C)c1. The summed E-state index contributed by atoms with van der Waals surface area (Å²) in [5.74, 6) is 0.549. The standard InChI is InChI=1S/C20H26N2O5S/c1-14(2)21-28(24,25)19-12-15(10-11-18(19)27-5)20(23)22(3)13-16-8-6-7-9-17(16)26-4/h6-12,14,21H,13H2,1-5H3. The van der Waals surface area contributed by atoms with Crippen LogP contribution in [0.2, 0.25) is 0 Å². The first-order chi connectivity index (χ1) is 13.2. The molecule has 8 heteroatoms. The number of methoxy groups -OCH3 is 2. The summed E-state index contributed by atoms with van der Waals surface area (Å²) in [6.07, 6.45) is 0. The molecule has 0 aliphatic carbocycles. The van der Waals surface area contributed by atoms with Crippen LogP contribution in [0, 0.1) is 0 Å². The van der Waals surface area contributed by atoms with Gasteiger partial charge in [0.1, 0.15) is 16.4 Å². The molecule has 2 aromatic carbocycles. The highest BCUT2D eigenvalue weighted by atomic mass is 32.2. The minimum absolute atomic E-state index is 0.0692. The number of para-hydroxylation sites is 1. The van der Waals surface area contributed by atoms with Crippen LogP contribution in [0.3, 0.4) is 0 Å². The van der Waals surface area contributed by atoms with Crippen LogP contribution in [-0.4, -0.2) is 46.5 Å². The third kappa shape index (κ3) is 5.02. The first-order valence-electron chi connectivity index (χ1n) is 8.77. The zero-order valence-corrected chi connectivity index (χ0v) is 17.5. The lowest BCUT2D eigenvalue weighted by molar-refractivity contribution is 0.0784. The molecule has 0 atom stereocenters. The van der Waals surface area contributed by atoms with E-state index in [1.54, 1.807) is 34.1 Å². The quantitative estimate of drug-likeness (QED) is 0.729. The second-order valence-corrected chi connectivity index (χ2v) is 8.30. The van der Waals surface area contributed by atoms with E-state index in [9.17, 15) is 13.2 Å². The number of nitrogens with one attached hydrogen (secondary N) is 1. The van der Waals surface area contributed by atoms with Gasteiger partial charge in [0.2, 0.25) is 10.0 Å². The molecule has 0 heterocycles. The minimum Gasteiger partial charge on any atom is -0.496 e. The van der Waals surface area contributed by atoms with Crippen molar-refractivity contribution in [2.75, 3.05) is 21.3 Å². The molecule has 1 amide bonds. The van der Waals surface area contributed by atoms with Crippen LogP contribution in [0.5, 0.6) is 11.5 Å². The van der Waals surface area contributed by atoms with Gasteiger partial charge in [-0.25, -0.2) is 13.1 Å². The molecule has 2 rings (SSSR count). The van der Waals surface area contributed by atoms with Crippen molar-refractivity contribution in [3.8, 4) is 11.5 Å². The summed E-state index contributed by atoms with van der Waals surface area (Å²) >= 11 is 0. The third-order valence-corrected chi connectivity index (χ3v) is 5.72. The molecule has 0 aliphatic heterocycles. The lowest BCUT2D eigenvalue weighted by atomic mass is 10.1. The molecular weight excluding hydrogens is 380 g/mol. The summed E-state index contributed by atoms with van der Waals surface area (Å²) in [5.41, 5.74) is 1.10. The fourth-order valence-corrected chi connectivity index (χ4v) is 4.22. The summed E-state index contributed by atoms with van der Waals surface area (Å²) in [4.78, 5) is 14.3. The highest BCUT2D eigenvalue weighted by Gasteiger charge is 2.23. The van der Waals surface area contributed by atoms with Gasteiger partial charge >= 0.3 is 0 Å². The molecule has 152 valence electrons. The highest BCUT2D eigenvalue weighted by molar-refractivity contribution is 7.89. The molecule has 0 fully saturated rings. The van der Waals surface area contributed by atoms with E-state index in [1.807, 2.05) is 24.3 Å². The maximum atomic E-state index is 12.9. The Morgan fingerprint density at radius 1 is 1.07 bits per heavy atom.